The highest BCUT2D eigenvalue weighted by atomic mass is 16.5. The highest BCUT2D eigenvalue weighted by Gasteiger charge is 2.03. The number of hydrogen-bond acceptors (Lipinski definition) is 5. The van der Waals surface area contributed by atoms with E-state index >= 15 is 0 Å². The molecule has 0 radical (unpaired) electrons. The molecule has 0 heterocycles. The van der Waals surface area contributed by atoms with E-state index in [2.05, 4.69) is 10.1 Å². The van der Waals surface area contributed by atoms with Crippen molar-refractivity contribution in [1.29, 1.82) is 0 Å². The zero-order valence-electron chi connectivity index (χ0n) is 12.0. The largest absolute Gasteiger partial charge is 0.492 e. The van der Waals surface area contributed by atoms with Gasteiger partial charge in [0.1, 0.15) is 12.4 Å². The second-order valence-corrected chi connectivity index (χ2v) is 4.80. The number of hydrogen-bond donors (Lipinski definition) is 3. The number of benzene rings is 1. The number of rotatable bonds is 8. The van der Waals surface area contributed by atoms with Crippen molar-refractivity contribution in [2.75, 3.05) is 26.7 Å². The molecule has 0 saturated heterocycles. The molecular formula is C14H23N3O3. The molecule has 1 rings (SSSR count). The molecular weight excluding hydrogens is 258 g/mol. The minimum absolute atomic E-state index is 0.0782. The molecule has 1 unspecified atom stereocenters. The minimum Gasteiger partial charge on any atom is -0.492 e. The molecule has 1 aromatic rings. The van der Waals surface area contributed by atoms with Crippen molar-refractivity contribution in [3.05, 3.63) is 29.8 Å². The zero-order valence-corrected chi connectivity index (χ0v) is 12.0. The van der Waals surface area contributed by atoms with Gasteiger partial charge in [-0.05, 0) is 44.7 Å². The van der Waals surface area contributed by atoms with Crippen LogP contribution in [0.1, 0.15) is 18.9 Å². The van der Waals surface area contributed by atoms with Crippen molar-refractivity contribution in [2.45, 2.75) is 19.4 Å². The fourth-order valence-corrected chi connectivity index (χ4v) is 1.62. The monoisotopic (exact) mass is 281 g/mol. The van der Waals surface area contributed by atoms with E-state index in [-0.39, 0.29) is 11.9 Å². The smallest absolute Gasteiger partial charge is 0.170 e. The van der Waals surface area contributed by atoms with Crippen molar-refractivity contribution in [1.82, 2.24) is 4.90 Å². The number of likely N-dealkylation sites (N-methyl/N-ethyl adjacent to an activating group) is 1. The summed E-state index contributed by atoms with van der Waals surface area (Å²) in [5, 5.41) is 20.7. The van der Waals surface area contributed by atoms with Crippen LogP contribution in [0.25, 0.3) is 0 Å². The summed E-state index contributed by atoms with van der Waals surface area (Å²) < 4.78 is 5.60. The molecule has 4 N–H and O–H groups in total. The van der Waals surface area contributed by atoms with Gasteiger partial charge < -0.3 is 25.7 Å². The Morgan fingerprint density at radius 1 is 1.35 bits per heavy atom. The normalized spacial score (nSPS) is 13.5. The van der Waals surface area contributed by atoms with E-state index in [0.717, 1.165) is 25.3 Å². The topological polar surface area (TPSA) is 91.3 Å². The predicted octanol–water partition coefficient (Wildman–Crippen LogP) is 0.863. The number of nitrogens with zero attached hydrogens (tertiary/aromatic N) is 2. The Kier molecular flexibility index (Phi) is 6.83. The molecule has 0 fully saturated rings. The predicted molar refractivity (Wildman–Crippen MR) is 78.2 cm³/mol. The van der Waals surface area contributed by atoms with E-state index in [1.54, 1.807) is 31.2 Å². The summed E-state index contributed by atoms with van der Waals surface area (Å²) in [4.78, 5) is 2.11. The first-order chi connectivity index (χ1) is 9.52. The molecule has 6 nitrogen and oxygen atoms in total. The Hall–Kier alpha value is -1.79. The van der Waals surface area contributed by atoms with E-state index in [9.17, 15) is 5.11 Å². The maximum absolute atomic E-state index is 9.20. The summed E-state index contributed by atoms with van der Waals surface area (Å²) in [6.45, 7) is 3.98. The number of ether oxygens (including phenoxy) is 1. The fraction of sp³-hybridized carbons (Fsp3) is 0.500. The van der Waals surface area contributed by atoms with Crippen LogP contribution in [-0.2, 0) is 0 Å². The second kappa shape index (κ2) is 8.39. The Morgan fingerprint density at radius 2 is 2.00 bits per heavy atom. The van der Waals surface area contributed by atoms with Crippen LogP contribution >= 0.6 is 0 Å². The first-order valence-electron chi connectivity index (χ1n) is 6.60. The van der Waals surface area contributed by atoms with E-state index in [1.165, 1.54) is 0 Å². The first-order valence-corrected chi connectivity index (χ1v) is 6.60. The molecule has 0 saturated carbocycles. The Labute approximate surface area is 119 Å². The van der Waals surface area contributed by atoms with Crippen LogP contribution in [0.3, 0.4) is 0 Å². The lowest BCUT2D eigenvalue weighted by molar-refractivity contribution is 0.157. The standard InChI is InChI=1S/C14H23N3O3/c1-11(18)7-8-17(2)9-10-20-13-5-3-12(4-6-13)14(15)16-19/h3-6,11,18-19H,7-10H2,1-2H3,(H2,15,16). The second-order valence-electron chi connectivity index (χ2n) is 4.80. The molecule has 0 amide bonds. The third-order valence-electron chi connectivity index (χ3n) is 2.93. The summed E-state index contributed by atoms with van der Waals surface area (Å²) in [5.41, 5.74) is 6.12. The maximum atomic E-state index is 9.20. The van der Waals surface area contributed by atoms with Gasteiger partial charge in [-0.25, -0.2) is 0 Å². The lowest BCUT2D eigenvalue weighted by Gasteiger charge is -2.17. The minimum atomic E-state index is -0.274. The van der Waals surface area contributed by atoms with Crippen molar-refractivity contribution in [3.8, 4) is 5.75 Å². The van der Waals surface area contributed by atoms with Gasteiger partial charge in [0.2, 0.25) is 0 Å². The molecule has 20 heavy (non-hydrogen) atoms. The molecule has 0 bridgehead atoms. The molecule has 0 aliphatic rings. The quantitative estimate of drug-likeness (QED) is 0.284. The van der Waals surface area contributed by atoms with Gasteiger partial charge in [0.25, 0.3) is 0 Å². The Morgan fingerprint density at radius 3 is 2.55 bits per heavy atom. The number of amidine groups is 1. The third-order valence-corrected chi connectivity index (χ3v) is 2.93. The van der Waals surface area contributed by atoms with E-state index in [4.69, 9.17) is 15.7 Å². The molecule has 0 aliphatic carbocycles. The van der Waals surface area contributed by atoms with Crippen molar-refractivity contribution in [2.24, 2.45) is 10.9 Å². The third kappa shape index (κ3) is 5.90. The van der Waals surface area contributed by atoms with Crippen LogP contribution in [0.5, 0.6) is 5.75 Å². The zero-order chi connectivity index (χ0) is 15.0. The van der Waals surface area contributed by atoms with E-state index < -0.39 is 0 Å². The SMILES string of the molecule is CC(O)CCN(C)CCOc1ccc(/C(N)=N/O)cc1. The van der Waals surface area contributed by atoms with Crippen LogP contribution in [0, 0.1) is 0 Å². The van der Waals surface area contributed by atoms with Gasteiger partial charge in [0.05, 0.1) is 6.10 Å². The molecule has 0 aromatic heterocycles. The molecule has 0 spiro atoms. The lowest BCUT2D eigenvalue weighted by Crippen LogP contribution is -2.27. The maximum Gasteiger partial charge on any atom is 0.170 e. The highest BCUT2D eigenvalue weighted by Crippen LogP contribution is 2.12. The van der Waals surface area contributed by atoms with Crippen molar-refractivity contribution >= 4 is 5.84 Å². The molecule has 0 aliphatic heterocycles. The average molecular weight is 281 g/mol. The molecule has 6 heteroatoms. The summed E-state index contributed by atoms with van der Waals surface area (Å²) in [6, 6.07) is 7.04. The van der Waals surface area contributed by atoms with Gasteiger partial charge in [0, 0.05) is 18.7 Å². The molecule has 1 aromatic carbocycles. The van der Waals surface area contributed by atoms with E-state index in [1.807, 2.05) is 7.05 Å². The van der Waals surface area contributed by atoms with Crippen LogP contribution < -0.4 is 10.5 Å². The number of nitrogens with two attached hydrogens (primary N) is 1. The highest BCUT2D eigenvalue weighted by molar-refractivity contribution is 5.97. The molecule has 1 atom stereocenters. The van der Waals surface area contributed by atoms with E-state index in [0.29, 0.717) is 12.2 Å². The summed E-state index contributed by atoms with van der Waals surface area (Å²) in [6.07, 6.45) is 0.481. The van der Waals surface area contributed by atoms with Gasteiger partial charge in [-0.15, -0.1) is 0 Å². The van der Waals surface area contributed by atoms with Crippen LogP contribution in [0.2, 0.25) is 0 Å². The fourth-order valence-electron chi connectivity index (χ4n) is 1.62. The van der Waals surface area contributed by atoms with Crippen LogP contribution in [-0.4, -0.2) is 53.9 Å². The van der Waals surface area contributed by atoms with Gasteiger partial charge in [0.15, 0.2) is 5.84 Å². The van der Waals surface area contributed by atoms with Gasteiger partial charge in [-0.1, -0.05) is 5.16 Å². The van der Waals surface area contributed by atoms with Crippen molar-refractivity contribution < 1.29 is 15.1 Å². The number of aliphatic hydroxyl groups excluding tert-OH is 1. The Bertz CT molecular complexity index is 418. The van der Waals surface area contributed by atoms with Crippen molar-refractivity contribution in [3.63, 3.8) is 0 Å². The first kappa shape index (κ1) is 16.3. The molecule has 112 valence electrons. The Balaban J connectivity index is 2.32. The van der Waals surface area contributed by atoms with Gasteiger partial charge >= 0.3 is 0 Å². The van der Waals surface area contributed by atoms with Gasteiger partial charge in [-0.2, -0.15) is 0 Å². The number of aliphatic hydroxyl groups is 1. The summed E-state index contributed by atoms with van der Waals surface area (Å²) in [7, 11) is 1.99. The summed E-state index contributed by atoms with van der Waals surface area (Å²) >= 11 is 0. The van der Waals surface area contributed by atoms with Crippen LogP contribution in [0.15, 0.2) is 29.4 Å². The number of oxime groups is 1. The van der Waals surface area contributed by atoms with Gasteiger partial charge in [-0.3, -0.25) is 0 Å². The lowest BCUT2D eigenvalue weighted by atomic mass is 10.2. The van der Waals surface area contributed by atoms with Crippen LogP contribution in [0.4, 0.5) is 0 Å². The summed E-state index contributed by atoms with van der Waals surface area (Å²) in [5.74, 6) is 0.817. The average Bonchev–Trinajstić information content (AvgIpc) is 2.45.